The van der Waals surface area contributed by atoms with Crippen LogP contribution in [-0.4, -0.2) is 15.7 Å². The molecule has 24 heavy (non-hydrogen) atoms. The van der Waals surface area contributed by atoms with Gasteiger partial charge in [-0.15, -0.1) is 0 Å². The molecule has 0 aliphatic carbocycles. The van der Waals surface area contributed by atoms with E-state index in [-0.39, 0.29) is 5.69 Å². The van der Waals surface area contributed by atoms with E-state index in [1.54, 1.807) is 6.07 Å². The summed E-state index contributed by atoms with van der Waals surface area (Å²) in [5, 5.41) is 6.25. The van der Waals surface area contributed by atoms with Gasteiger partial charge in [0.2, 0.25) is 5.43 Å². The number of hydrogen-bond acceptors (Lipinski definition) is 3. The molecule has 1 aromatic heterocycles. The summed E-state index contributed by atoms with van der Waals surface area (Å²) in [7, 11) is 0. The van der Waals surface area contributed by atoms with Crippen LogP contribution in [0.15, 0.2) is 65.6 Å². The first kappa shape index (κ1) is 15.5. The summed E-state index contributed by atoms with van der Waals surface area (Å²) in [6.07, 6.45) is 1.36. The standard InChI is InChI=1S/C17H11F2N3O2/c18-11-5-7-12(8-6-11)22-10-9-15(23)16(21-22)17(24)20-14-4-2-1-3-13(14)19/h1-10H,(H,20,24). The van der Waals surface area contributed by atoms with E-state index in [1.807, 2.05) is 0 Å². The average Bonchev–Trinajstić information content (AvgIpc) is 2.58. The van der Waals surface area contributed by atoms with E-state index in [0.717, 1.165) is 6.07 Å². The predicted octanol–water partition coefficient (Wildman–Crippen LogP) is 2.76. The number of aromatic nitrogens is 2. The Bertz CT molecular complexity index is 953. The van der Waals surface area contributed by atoms with Crippen molar-refractivity contribution < 1.29 is 13.6 Å². The van der Waals surface area contributed by atoms with Crippen LogP contribution in [0.3, 0.4) is 0 Å². The zero-order valence-corrected chi connectivity index (χ0v) is 12.2. The molecule has 0 atom stereocenters. The summed E-state index contributed by atoms with van der Waals surface area (Å²) in [6.45, 7) is 0. The molecule has 1 heterocycles. The van der Waals surface area contributed by atoms with Gasteiger partial charge in [-0.3, -0.25) is 9.59 Å². The molecule has 120 valence electrons. The number of amides is 1. The zero-order valence-electron chi connectivity index (χ0n) is 12.2. The molecule has 5 nitrogen and oxygen atoms in total. The highest BCUT2D eigenvalue weighted by Gasteiger charge is 2.15. The maximum absolute atomic E-state index is 13.6. The Morgan fingerprint density at radius 2 is 1.71 bits per heavy atom. The highest BCUT2D eigenvalue weighted by atomic mass is 19.1. The molecule has 0 saturated heterocycles. The van der Waals surface area contributed by atoms with E-state index < -0.39 is 28.7 Å². The van der Waals surface area contributed by atoms with Crippen molar-refractivity contribution in [2.24, 2.45) is 0 Å². The van der Waals surface area contributed by atoms with Crippen LogP contribution < -0.4 is 10.7 Å². The molecule has 0 aliphatic rings. The van der Waals surface area contributed by atoms with Gasteiger partial charge in [-0.2, -0.15) is 5.10 Å². The third-order valence-electron chi connectivity index (χ3n) is 3.24. The molecule has 0 saturated carbocycles. The quantitative estimate of drug-likeness (QED) is 0.804. The number of carbonyl (C=O) groups is 1. The number of nitrogens with zero attached hydrogens (tertiary/aromatic N) is 2. The lowest BCUT2D eigenvalue weighted by atomic mass is 10.2. The van der Waals surface area contributed by atoms with Crippen LogP contribution in [0.2, 0.25) is 0 Å². The largest absolute Gasteiger partial charge is 0.318 e. The second-order valence-corrected chi connectivity index (χ2v) is 4.88. The number of nitrogens with one attached hydrogen (secondary N) is 1. The predicted molar refractivity (Wildman–Crippen MR) is 84.1 cm³/mol. The van der Waals surface area contributed by atoms with Gasteiger partial charge in [0.25, 0.3) is 5.91 Å². The molecule has 0 radical (unpaired) electrons. The zero-order chi connectivity index (χ0) is 17.1. The topological polar surface area (TPSA) is 64.0 Å². The molecule has 3 aromatic rings. The summed E-state index contributed by atoms with van der Waals surface area (Å²) in [5.74, 6) is -1.88. The Morgan fingerprint density at radius 3 is 2.42 bits per heavy atom. The lowest BCUT2D eigenvalue weighted by Gasteiger charge is -2.08. The molecule has 0 bridgehead atoms. The van der Waals surface area contributed by atoms with E-state index >= 15 is 0 Å². The minimum absolute atomic E-state index is 0.0547. The van der Waals surface area contributed by atoms with Gasteiger partial charge in [-0.25, -0.2) is 13.5 Å². The van der Waals surface area contributed by atoms with Crippen molar-refractivity contribution in [3.63, 3.8) is 0 Å². The van der Waals surface area contributed by atoms with E-state index in [9.17, 15) is 18.4 Å². The molecular formula is C17H11F2N3O2. The van der Waals surface area contributed by atoms with Crippen LogP contribution in [0.25, 0.3) is 5.69 Å². The van der Waals surface area contributed by atoms with Crippen molar-refractivity contribution >= 4 is 11.6 Å². The van der Waals surface area contributed by atoms with Crippen LogP contribution in [-0.2, 0) is 0 Å². The number of benzene rings is 2. The highest BCUT2D eigenvalue weighted by Crippen LogP contribution is 2.13. The minimum atomic E-state index is -0.832. The first-order chi connectivity index (χ1) is 11.5. The first-order valence-corrected chi connectivity index (χ1v) is 6.96. The molecule has 7 heteroatoms. The highest BCUT2D eigenvalue weighted by molar-refractivity contribution is 6.02. The van der Waals surface area contributed by atoms with Gasteiger partial charge in [-0.05, 0) is 36.4 Å². The fourth-order valence-corrected chi connectivity index (χ4v) is 2.05. The van der Waals surface area contributed by atoms with Gasteiger partial charge in [-0.1, -0.05) is 12.1 Å². The Morgan fingerprint density at radius 1 is 1.00 bits per heavy atom. The Kier molecular flexibility index (Phi) is 4.15. The minimum Gasteiger partial charge on any atom is -0.318 e. The van der Waals surface area contributed by atoms with Gasteiger partial charge < -0.3 is 5.32 Å². The number of hydrogen-bond donors (Lipinski definition) is 1. The van der Waals surface area contributed by atoms with E-state index in [1.165, 1.54) is 53.3 Å². The van der Waals surface area contributed by atoms with Crippen LogP contribution in [0.1, 0.15) is 10.5 Å². The van der Waals surface area contributed by atoms with Crippen molar-refractivity contribution in [3.8, 4) is 5.69 Å². The lowest BCUT2D eigenvalue weighted by molar-refractivity contribution is 0.101. The van der Waals surface area contributed by atoms with Crippen molar-refractivity contribution in [1.82, 2.24) is 9.78 Å². The summed E-state index contributed by atoms with van der Waals surface area (Å²) >= 11 is 0. The molecule has 0 unspecified atom stereocenters. The van der Waals surface area contributed by atoms with Crippen molar-refractivity contribution in [3.05, 3.63) is 88.3 Å². The summed E-state index contributed by atoms with van der Waals surface area (Å²) in [6, 6.07) is 12.1. The van der Waals surface area contributed by atoms with Crippen molar-refractivity contribution in [2.75, 3.05) is 5.32 Å². The van der Waals surface area contributed by atoms with Crippen LogP contribution in [0.4, 0.5) is 14.5 Å². The number of para-hydroxylation sites is 1. The molecule has 0 fully saturated rings. The molecule has 3 rings (SSSR count). The molecule has 0 aliphatic heterocycles. The second-order valence-electron chi connectivity index (χ2n) is 4.88. The summed E-state index contributed by atoms with van der Waals surface area (Å²) < 4.78 is 27.8. The smallest absolute Gasteiger partial charge is 0.280 e. The van der Waals surface area contributed by atoms with Gasteiger partial charge in [0.05, 0.1) is 11.4 Å². The maximum atomic E-state index is 13.6. The van der Waals surface area contributed by atoms with Gasteiger partial charge >= 0.3 is 0 Å². The van der Waals surface area contributed by atoms with Crippen LogP contribution >= 0.6 is 0 Å². The first-order valence-electron chi connectivity index (χ1n) is 6.96. The van der Waals surface area contributed by atoms with Crippen LogP contribution in [0, 0.1) is 11.6 Å². The number of anilines is 1. The monoisotopic (exact) mass is 327 g/mol. The molecule has 2 aromatic carbocycles. The Labute approximate surface area is 135 Å². The molecule has 1 amide bonds. The normalized spacial score (nSPS) is 10.4. The molecular weight excluding hydrogens is 316 g/mol. The van der Waals surface area contributed by atoms with Gasteiger partial charge in [0.1, 0.15) is 11.6 Å². The number of rotatable bonds is 3. The van der Waals surface area contributed by atoms with Crippen LogP contribution in [0.5, 0.6) is 0 Å². The third-order valence-corrected chi connectivity index (χ3v) is 3.24. The van der Waals surface area contributed by atoms with Crippen molar-refractivity contribution in [2.45, 2.75) is 0 Å². The maximum Gasteiger partial charge on any atom is 0.280 e. The fraction of sp³-hybridized carbons (Fsp3) is 0. The van der Waals surface area contributed by atoms with E-state index in [2.05, 4.69) is 10.4 Å². The van der Waals surface area contributed by atoms with Gasteiger partial charge in [0, 0.05) is 12.3 Å². The van der Waals surface area contributed by atoms with Gasteiger partial charge in [0.15, 0.2) is 5.69 Å². The fourth-order valence-electron chi connectivity index (χ4n) is 2.05. The molecule has 0 spiro atoms. The summed E-state index contributed by atoms with van der Waals surface area (Å²) in [4.78, 5) is 24.1. The second kappa shape index (κ2) is 6.41. The van der Waals surface area contributed by atoms with Crippen molar-refractivity contribution in [1.29, 1.82) is 0 Å². The number of carbonyl (C=O) groups excluding carboxylic acids is 1. The molecule has 1 N–H and O–H groups in total. The Hall–Kier alpha value is -3.35. The average molecular weight is 327 g/mol. The van der Waals surface area contributed by atoms with E-state index in [0.29, 0.717) is 5.69 Å². The van der Waals surface area contributed by atoms with E-state index in [4.69, 9.17) is 0 Å². The summed E-state index contributed by atoms with van der Waals surface area (Å²) in [5.41, 5.74) is -0.593. The SMILES string of the molecule is O=C(Nc1ccccc1F)c1nn(-c2ccc(F)cc2)ccc1=O. The third kappa shape index (κ3) is 3.19. The number of halogens is 2. The lowest BCUT2D eigenvalue weighted by Crippen LogP contribution is -2.25. The Balaban J connectivity index is 1.94.